The minimum Gasteiger partial charge on any atom is -0.314 e. The van der Waals surface area contributed by atoms with E-state index in [2.05, 4.69) is 42.6 Å². The summed E-state index contributed by atoms with van der Waals surface area (Å²) in [5.41, 5.74) is 4.71. The molecule has 0 aliphatic heterocycles. The van der Waals surface area contributed by atoms with Gasteiger partial charge >= 0.3 is 0 Å². The van der Waals surface area contributed by atoms with E-state index in [0.29, 0.717) is 0 Å². The van der Waals surface area contributed by atoms with Gasteiger partial charge in [0.15, 0.2) is 0 Å². The summed E-state index contributed by atoms with van der Waals surface area (Å²) in [5, 5.41) is 3.56. The van der Waals surface area contributed by atoms with Gasteiger partial charge in [-0.25, -0.2) is 0 Å². The first-order valence-electron chi connectivity index (χ1n) is 7.30. The molecular weight excluding hydrogens is 218 g/mol. The molecule has 2 aliphatic carbocycles. The summed E-state index contributed by atoms with van der Waals surface area (Å²) in [6.07, 6.45) is 8.93. The quantitative estimate of drug-likeness (QED) is 0.590. The van der Waals surface area contributed by atoms with Crippen molar-refractivity contribution in [2.75, 3.05) is 6.54 Å². The maximum atomic E-state index is 3.56. The lowest BCUT2D eigenvalue weighted by molar-refractivity contribution is 0.598. The van der Waals surface area contributed by atoms with Gasteiger partial charge in [-0.1, -0.05) is 35.9 Å². The van der Waals surface area contributed by atoms with E-state index in [1.807, 2.05) is 0 Å². The fourth-order valence-corrected chi connectivity index (χ4v) is 2.91. The Morgan fingerprint density at radius 2 is 2.17 bits per heavy atom. The van der Waals surface area contributed by atoms with Crippen molar-refractivity contribution in [3.63, 3.8) is 0 Å². The topological polar surface area (TPSA) is 12.0 Å². The van der Waals surface area contributed by atoms with Crippen LogP contribution in [0, 0.1) is 0 Å². The third-order valence-electron chi connectivity index (χ3n) is 4.18. The highest BCUT2D eigenvalue weighted by atomic mass is 14.9. The van der Waals surface area contributed by atoms with Crippen LogP contribution in [-0.4, -0.2) is 12.6 Å². The summed E-state index contributed by atoms with van der Waals surface area (Å²) in [5.74, 6) is 0.786. The summed E-state index contributed by atoms with van der Waals surface area (Å²) >= 11 is 0. The van der Waals surface area contributed by atoms with Crippen LogP contribution in [0.3, 0.4) is 0 Å². The standard InChI is InChI=1S/C17H23N/c1-13(5-4-10-18-16-8-9-16)11-15-12-14-6-2-3-7-17(14)15/h2-3,5-7,15-16,18H,4,8-12H2,1H3. The zero-order valence-corrected chi connectivity index (χ0v) is 11.3. The average Bonchev–Trinajstić information content (AvgIpc) is 3.16. The van der Waals surface area contributed by atoms with E-state index in [9.17, 15) is 0 Å². The first-order chi connectivity index (χ1) is 8.83. The predicted octanol–water partition coefficient (Wildman–Crippen LogP) is 3.80. The SMILES string of the molecule is CC(=CCCNC1CC1)CC1Cc2ccccc21. The molecule has 0 amide bonds. The fourth-order valence-electron chi connectivity index (χ4n) is 2.91. The van der Waals surface area contributed by atoms with Crippen molar-refractivity contribution in [1.29, 1.82) is 0 Å². The van der Waals surface area contributed by atoms with Crippen LogP contribution in [0.25, 0.3) is 0 Å². The molecule has 18 heavy (non-hydrogen) atoms. The minimum absolute atomic E-state index is 0.786. The summed E-state index contributed by atoms with van der Waals surface area (Å²) in [4.78, 5) is 0. The molecule has 1 nitrogen and oxygen atoms in total. The van der Waals surface area contributed by atoms with Crippen LogP contribution in [0.1, 0.15) is 49.7 Å². The van der Waals surface area contributed by atoms with Crippen molar-refractivity contribution >= 4 is 0 Å². The van der Waals surface area contributed by atoms with Gasteiger partial charge in [0.05, 0.1) is 0 Å². The molecule has 96 valence electrons. The lowest BCUT2D eigenvalue weighted by Gasteiger charge is -2.30. The van der Waals surface area contributed by atoms with Crippen LogP contribution in [0.15, 0.2) is 35.9 Å². The average molecular weight is 241 g/mol. The number of rotatable bonds is 6. The highest BCUT2D eigenvalue weighted by Gasteiger charge is 2.25. The van der Waals surface area contributed by atoms with E-state index in [1.54, 1.807) is 16.7 Å². The number of benzene rings is 1. The zero-order chi connectivity index (χ0) is 12.4. The van der Waals surface area contributed by atoms with Gasteiger partial charge in [-0.15, -0.1) is 0 Å². The van der Waals surface area contributed by atoms with Crippen molar-refractivity contribution in [2.24, 2.45) is 0 Å². The smallest absolute Gasteiger partial charge is 0.00683 e. The lowest BCUT2D eigenvalue weighted by Crippen LogP contribution is -2.18. The highest BCUT2D eigenvalue weighted by molar-refractivity contribution is 5.40. The first kappa shape index (κ1) is 12.0. The normalized spacial score (nSPS) is 22.5. The van der Waals surface area contributed by atoms with Crippen molar-refractivity contribution < 1.29 is 0 Å². The van der Waals surface area contributed by atoms with Gasteiger partial charge in [0.2, 0.25) is 0 Å². The predicted molar refractivity (Wildman–Crippen MR) is 76.9 cm³/mol. The van der Waals surface area contributed by atoms with Crippen LogP contribution in [0.2, 0.25) is 0 Å². The molecule has 1 aromatic rings. The molecule has 1 fully saturated rings. The number of allylic oxidation sites excluding steroid dienone is 1. The second-order valence-corrected chi connectivity index (χ2v) is 5.87. The Morgan fingerprint density at radius 1 is 1.33 bits per heavy atom. The molecule has 0 aromatic heterocycles. The third-order valence-corrected chi connectivity index (χ3v) is 4.18. The Bertz CT molecular complexity index is 443. The van der Waals surface area contributed by atoms with Gasteiger partial charge in [0, 0.05) is 6.04 Å². The Hall–Kier alpha value is -1.08. The summed E-state index contributed by atoms with van der Waals surface area (Å²) in [7, 11) is 0. The molecule has 0 radical (unpaired) electrons. The summed E-state index contributed by atoms with van der Waals surface area (Å²) in [6, 6.07) is 9.73. The minimum atomic E-state index is 0.786. The Labute approximate surface area is 110 Å². The Kier molecular flexibility index (Phi) is 3.51. The molecule has 1 heteroatoms. The number of nitrogens with one attached hydrogen (secondary N) is 1. The van der Waals surface area contributed by atoms with Crippen LogP contribution in [0.5, 0.6) is 0 Å². The van der Waals surface area contributed by atoms with E-state index in [0.717, 1.165) is 18.5 Å². The third kappa shape index (κ3) is 2.84. The second kappa shape index (κ2) is 5.27. The van der Waals surface area contributed by atoms with Gasteiger partial charge in [-0.3, -0.25) is 0 Å². The van der Waals surface area contributed by atoms with Crippen molar-refractivity contribution in [3.8, 4) is 0 Å². The van der Waals surface area contributed by atoms with Crippen molar-refractivity contribution in [2.45, 2.75) is 51.0 Å². The highest BCUT2D eigenvalue weighted by Crippen LogP contribution is 2.38. The second-order valence-electron chi connectivity index (χ2n) is 5.87. The maximum absolute atomic E-state index is 3.56. The number of hydrogen-bond acceptors (Lipinski definition) is 1. The molecule has 1 atom stereocenters. The van der Waals surface area contributed by atoms with E-state index in [-0.39, 0.29) is 0 Å². The molecule has 0 spiro atoms. The molecule has 1 saturated carbocycles. The summed E-state index contributed by atoms with van der Waals surface area (Å²) < 4.78 is 0. The molecule has 1 aromatic carbocycles. The first-order valence-corrected chi connectivity index (χ1v) is 7.30. The van der Waals surface area contributed by atoms with Gasteiger partial charge in [0.1, 0.15) is 0 Å². The number of hydrogen-bond donors (Lipinski definition) is 1. The van der Waals surface area contributed by atoms with Crippen LogP contribution < -0.4 is 5.32 Å². The van der Waals surface area contributed by atoms with Crippen molar-refractivity contribution in [1.82, 2.24) is 5.32 Å². The van der Waals surface area contributed by atoms with Crippen molar-refractivity contribution in [3.05, 3.63) is 47.0 Å². The molecule has 0 saturated heterocycles. The maximum Gasteiger partial charge on any atom is 0.00683 e. The fraction of sp³-hybridized carbons (Fsp3) is 0.529. The molecule has 3 rings (SSSR count). The monoisotopic (exact) mass is 241 g/mol. The molecule has 0 heterocycles. The van der Waals surface area contributed by atoms with Crippen LogP contribution in [0.4, 0.5) is 0 Å². The Morgan fingerprint density at radius 3 is 2.94 bits per heavy atom. The van der Waals surface area contributed by atoms with E-state index >= 15 is 0 Å². The molecule has 2 aliphatic rings. The van der Waals surface area contributed by atoms with Gasteiger partial charge in [-0.05, 0) is 62.6 Å². The Balaban J connectivity index is 1.43. The zero-order valence-electron chi connectivity index (χ0n) is 11.3. The molecule has 0 bridgehead atoms. The van der Waals surface area contributed by atoms with Gasteiger partial charge in [0.25, 0.3) is 0 Å². The van der Waals surface area contributed by atoms with Crippen LogP contribution >= 0.6 is 0 Å². The molecule has 1 N–H and O–H groups in total. The lowest BCUT2D eigenvalue weighted by atomic mass is 9.74. The molecule has 1 unspecified atom stereocenters. The van der Waals surface area contributed by atoms with Crippen LogP contribution in [-0.2, 0) is 6.42 Å². The van der Waals surface area contributed by atoms with Gasteiger partial charge in [-0.2, -0.15) is 0 Å². The molecular formula is C17H23N. The largest absolute Gasteiger partial charge is 0.314 e. The number of fused-ring (bicyclic) bond motifs is 1. The van der Waals surface area contributed by atoms with E-state index in [1.165, 1.54) is 32.1 Å². The summed E-state index contributed by atoms with van der Waals surface area (Å²) in [6.45, 7) is 3.45. The van der Waals surface area contributed by atoms with E-state index < -0.39 is 0 Å². The van der Waals surface area contributed by atoms with E-state index in [4.69, 9.17) is 0 Å². The van der Waals surface area contributed by atoms with Gasteiger partial charge < -0.3 is 5.32 Å².